The van der Waals surface area contributed by atoms with Crippen LogP contribution in [0.2, 0.25) is 0 Å². The molecule has 0 spiro atoms. The molecule has 1 aliphatic rings. The molecule has 0 radical (unpaired) electrons. The molecule has 1 fully saturated rings. The summed E-state index contributed by atoms with van der Waals surface area (Å²) in [7, 11) is 0. The number of nitrogens with zero attached hydrogens (tertiary/aromatic N) is 5. The maximum atomic E-state index is 12.3. The summed E-state index contributed by atoms with van der Waals surface area (Å²) >= 11 is 0. The number of amides is 1. The number of nitrogen functional groups attached to an aromatic ring is 1. The molecule has 3 rings (SSSR count). The van der Waals surface area contributed by atoms with Gasteiger partial charge in [0, 0.05) is 44.8 Å². The standard InChI is InChI=1S/C14H16N6O/c15-11-9-16-2-1-13(11)19-5-7-20(8-6-19)14(21)12-10-17-3-4-18-12/h1-4,9-10H,5-8,15H2. The van der Waals surface area contributed by atoms with E-state index in [0.29, 0.717) is 24.5 Å². The van der Waals surface area contributed by atoms with Gasteiger partial charge in [0.2, 0.25) is 0 Å². The Morgan fingerprint density at radius 1 is 1.05 bits per heavy atom. The number of pyridine rings is 1. The Labute approximate surface area is 122 Å². The summed E-state index contributed by atoms with van der Waals surface area (Å²) in [4.78, 5) is 28.2. The molecular weight excluding hydrogens is 268 g/mol. The maximum absolute atomic E-state index is 12.3. The molecule has 3 heterocycles. The smallest absolute Gasteiger partial charge is 0.274 e. The van der Waals surface area contributed by atoms with Crippen molar-refractivity contribution >= 4 is 17.3 Å². The Morgan fingerprint density at radius 2 is 1.81 bits per heavy atom. The fourth-order valence-electron chi connectivity index (χ4n) is 2.41. The highest BCUT2D eigenvalue weighted by Crippen LogP contribution is 2.22. The highest BCUT2D eigenvalue weighted by Gasteiger charge is 2.23. The maximum Gasteiger partial charge on any atom is 0.274 e. The Morgan fingerprint density at radius 3 is 2.48 bits per heavy atom. The third-order valence-electron chi connectivity index (χ3n) is 3.52. The molecule has 0 bridgehead atoms. The predicted octanol–water partition coefficient (Wildman–Crippen LogP) is 0.416. The minimum Gasteiger partial charge on any atom is -0.396 e. The van der Waals surface area contributed by atoms with Crippen molar-refractivity contribution < 1.29 is 4.79 Å². The molecule has 2 N–H and O–H groups in total. The van der Waals surface area contributed by atoms with E-state index in [9.17, 15) is 4.79 Å². The molecule has 2 aromatic heterocycles. The molecule has 108 valence electrons. The first-order chi connectivity index (χ1) is 10.3. The van der Waals surface area contributed by atoms with Gasteiger partial charge in [-0.25, -0.2) is 4.98 Å². The lowest BCUT2D eigenvalue weighted by Crippen LogP contribution is -2.49. The number of hydrogen-bond donors (Lipinski definition) is 1. The molecular formula is C14H16N6O. The highest BCUT2D eigenvalue weighted by atomic mass is 16.2. The van der Waals surface area contributed by atoms with E-state index < -0.39 is 0 Å². The summed E-state index contributed by atoms with van der Waals surface area (Å²) in [6.45, 7) is 2.74. The lowest BCUT2D eigenvalue weighted by molar-refractivity contribution is 0.0740. The van der Waals surface area contributed by atoms with Crippen LogP contribution in [0.15, 0.2) is 37.1 Å². The van der Waals surface area contributed by atoms with Gasteiger partial charge in [-0.05, 0) is 6.07 Å². The van der Waals surface area contributed by atoms with Gasteiger partial charge in [0.1, 0.15) is 5.69 Å². The number of aromatic nitrogens is 3. The van der Waals surface area contributed by atoms with E-state index in [2.05, 4.69) is 19.9 Å². The minimum absolute atomic E-state index is 0.0783. The van der Waals surface area contributed by atoms with Gasteiger partial charge >= 0.3 is 0 Å². The van der Waals surface area contributed by atoms with E-state index in [1.807, 2.05) is 6.07 Å². The van der Waals surface area contributed by atoms with Crippen molar-refractivity contribution in [1.82, 2.24) is 19.9 Å². The van der Waals surface area contributed by atoms with E-state index in [0.717, 1.165) is 18.8 Å². The monoisotopic (exact) mass is 284 g/mol. The Hall–Kier alpha value is -2.70. The number of rotatable bonds is 2. The Bertz CT molecular complexity index is 624. The molecule has 0 aromatic carbocycles. The molecule has 1 aliphatic heterocycles. The topological polar surface area (TPSA) is 88.2 Å². The first-order valence-corrected chi connectivity index (χ1v) is 6.75. The van der Waals surface area contributed by atoms with E-state index in [1.54, 1.807) is 23.5 Å². The number of nitrogens with two attached hydrogens (primary N) is 1. The van der Waals surface area contributed by atoms with Crippen LogP contribution in [0.4, 0.5) is 11.4 Å². The average molecular weight is 284 g/mol. The summed E-state index contributed by atoms with van der Waals surface area (Å²) < 4.78 is 0. The van der Waals surface area contributed by atoms with Crippen LogP contribution in [0, 0.1) is 0 Å². The second kappa shape index (κ2) is 5.74. The van der Waals surface area contributed by atoms with Gasteiger partial charge in [-0.15, -0.1) is 0 Å². The van der Waals surface area contributed by atoms with Crippen molar-refractivity contribution in [3.63, 3.8) is 0 Å². The van der Waals surface area contributed by atoms with Crippen LogP contribution in [-0.4, -0.2) is 51.9 Å². The molecule has 7 heteroatoms. The third kappa shape index (κ3) is 2.76. The van der Waals surface area contributed by atoms with Crippen LogP contribution in [0.1, 0.15) is 10.5 Å². The SMILES string of the molecule is Nc1cnccc1N1CCN(C(=O)c2cnccn2)CC1. The highest BCUT2D eigenvalue weighted by molar-refractivity contribution is 5.92. The summed E-state index contributed by atoms with van der Waals surface area (Å²) in [6.07, 6.45) is 7.95. The number of carbonyl (C=O) groups is 1. The van der Waals surface area contributed by atoms with Crippen LogP contribution in [0.25, 0.3) is 0 Å². The first-order valence-electron chi connectivity index (χ1n) is 6.75. The quantitative estimate of drug-likeness (QED) is 0.859. The zero-order chi connectivity index (χ0) is 14.7. The van der Waals surface area contributed by atoms with Gasteiger partial charge < -0.3 is 15.5 Å². The number of hydrogen-bond acceptors (Lipinski definition) is 6. The van der Waals surface area contributed by atoms with Crippen LogP contribution in [0.3, 0.4) is 0 Å². The van der Waals surface area contributed by atoms with Crippen LogP contribution >= 0.6 is 0 Å². The van der Waals surface area contributed by atoms with Crippen LogP contribution in [0.5, 0.6) is 0 Å². The van der Waals surface area contributed by atoms with E-state index in [-0.39, 0.29) is 5.91 Å². The normalized spacial score (nSPS) is 15.0. The number of piperazine rings is 1. The lowest BCUT2D eigenvalue weighted by atomic mass is 10.2. The third-order valence-corrected chi connectivity index (χ3v) is 3.52. The molecule has 2 aromatic rings. The second-order valence-corrected chi connectivity index (χ2v) is 4.80. The summed E-state index contributed by atoms with van der Waals surface area (Å²) in [6, 6.07) is 1.90. The van der Waals surface area contributed by atoms with Gasteiger partial charge in [0.15, 0.2) is 0 Å². The number of anilines is 2. The van der Waals surface area contributed by atoms with E-state index in [1.165, 1.54) is 12.4 Å². The minimum atomic E-state index is -0.0783. The van der Waals surface area contributed by atoms with Crippen LogP contribution < -0.4 is 10.6 Å². The molecule has 0 saturated carbocycles. The van der Waals surface area contributed by atoms with Gasteiger partial charge in [0.05, 0.1) is 23.8 Å². The molecule has 1 amide bonds. The Kier molecular flexibility index (Phi) is 3.63. The zero-order valence-electron chi connectivity index (χ0n) is 11.5. The number of carbonyl (C=O) groups excluding carboxylic acids is 1. The van der Waals surface area contributed by atoms with Gasteiger partial charge in [-0.1, -0.05) is 0 Å². The van der Waals surface area contributed by atoms with Crippen molar-refractivity contribution in [2.75, 3.05) is 36.8 Å². The van der Waals surface area contributed by atoms with Crippen molar-refractivity contribution in [1.29, 1.82) is 0 Å². The summed E-state index contributed by atoms with van der Waals surface area (Å²) in [5.74, 6) is -0.0783. The molecule has 0 unspecified atom stereocenters. The first kappa shape index (κ1) is 13.3. The summed E-state index contributed by atoms with van der Waals surface area (Å²) in [5.41, 5.74) is 7.95. The predicted molar refractivity (Wildman–Crippen MR) is 78.8 cm³/mol. The fourth-order valence-corrected chi connectivity index (χ4v) is 2.41. The molecule has 0 aliphatic carbocycles. The zero-order valence-corrected chi connectivity index (χ0v) is 11.5. The van der Waals surface area contributed by atoms with Crippen molar-refractivity contribution in [2.45, 2.75) is 0 Å². The fraction of sp³-hybridized carbons (Fsp3) is 0.286. The summed E-state index contributed by atoms with van der Waals surface area (Å²) in [5, 5.41) is 0. The Balaban J connectivity index is 1.66. The lowest BCUT2D eigenvalue weighted by Gasteiger charge is -2.36. The van der Waals surface area contributed by atoms with Gasteiger partial charge in [-0.3, -0.25) is 14.8 Å². The van der Waals surface area contributed by atoms with E-state index in [4.69, 9.17) is 5.73 Å². The molecule has 21 heavy (non-hydrogen) atoms. The van der Waals surface area contributed by atoms with Crippen molar-refractivity contribution in [3.8, 4) is 0 Å². The van der Waals surface area contributed by atoms with Crippen LogP contribution in [-0.2, 0) is 0 Å². The molecule has 0 atom stereocenters. The largest absolute Gasteiger partial charge is 0.396 e. The van der Waals surface area contributed by atoms with Crippen molar-refractivity contribution in [3.05, 3.63) is 42.7 Å². The average Bonchev–Trinajstić information content (AvgIpc) is 2.56. The molecule has 7 nitrogen and oxygen atoms in total. The van der Waals surface area contributed by atoms with Gasteiger partial charge in [-0.2, -0.15) is 0 Å². The molecule has 1 saturated heterocycles. The van der Waals surface area contributed by atoms with Gasteiger partial charge in [0.25, 0.3) is 5.91 Å². The van der Waals surface area contributed by atoms with E-state index >= 15 is 0 Å². The second-order valence-electron chi connectivity index (χ2n) is 4.80. The van der Waals surface area contributed by atoms with Crippen molar-refractivity contribution in [2.24, 2.45) is 0 Å².